The number of hydrogen-bond acceptors (Lipinski definition) is 4. The topological polar surface area (TPSA) is 64.6 Å². The number of benzene rings is 1. The Labute approximate surface area is 113 Å². The molecule has 0 saturated carbocycles. The summed E-state index contributed by atoms with van der Waals surface area (Å²) >= 11 is 0. The highest BCUT2D eigenvalue weighted by Gasteiger charge is 2.23. The maximum Gasteiger partial charge on any atom is 0.335 e. The minimum absolute atomic E-state index is 0.149. The van der Waals surface area contributed by atoms with Gasteiger partial charge in [-0.25, -0.2) is 0 Å². The highest BCUT2D eigenvalue weighted by molar-refractivity contribution is 7.53. The van der Waals surface area contributed by atoms with Gasteiger partial charge in [0.2, 0.25) is 0 Å². The van der Waals surface area contributed by atoms with E-state index in [9.17, 15) is 9.36 Å². The average molecular weight is 285 g/mol. The standard InChI is InChI=1S/C13H20NO4P/c1-4-17-19(16,18-5-2)10-11-6-8-12(9-7-11)13(15)14-3/h6-9H,4-5,10H2,1-3H3,(H,14,15). The predicted octanol–water partition coefficient (Wildman–Crippen LogP) is 2.81. The molecule has 0 heterocycles. The summed E-state index contributed by atoms with van der Waals surface area (Å²) in [4.78, 5) is 11.4. The van der Waals surface area contributed by atoms with Gasteiger partial charge < -0.3 is 14.4 Å². The Morgan fingerprint density at radius 3 is 2.11 bits per heavy atom. The fraction of sp³-hybridized carbons (Fsp3) is 0.462. The third-order valence-corrected chi connectivity index (χ3v) is 4.53. The number of hydrogen-bond donors (Lipinski definition) is 1. The van der Waals surface area contributed by atoms with E-state index in [1.54, 1.807) is 45.2 Å². The van der Waals surface area contributed by atoms with E-state index in [1.807, 2.05) is 0 Å². The lowest BCUT2D eigenvalue weighted by molar-refractivity contribution is 0.0963. The van der Waals surface area contributed by atoms with Crippen molar-refractivity contribution in [3.63, 3.8) is 0 Å². The van der Waals surface area contributed by atoms with Crippen molar-refractivity contribution < 1.29 is 18.4 Å². The molecule has 1 aromatic rings. The first kappa shape index (κ1) is 15.9. The van der Waals surface area contributed by atoms with Gasteiger partial charge in [-0.1, -0.05) is 12.1 Å². The summed E-state index contributed by atoms with van der Waals surface area (Å²) in [7, 11) is -1.51. The number of amides is 1. The summed E-state index contributed by atoms with van der Waals surface area (Å²) in [6.07, 6.45) is 0.211. The molecule has 0 aliphatic heterocycles. The van der Waals surface area contributed by atoms with Gasteiger partial charge in [0.25, 0.3) is 5.91 Å². The van der Waals surface area contributed by atoms with E-state index in [2.05, 4.69) is 5.32 Å². The number of rotatable bonds is 7. The van der Waals surface area contributed by atoms with Gasteiger partial charge in [-0.05, 0) is 31.5 Å². The summed E-state index contributed by atoms with van der Waals surface area (Å²) in [6, 6.07) is 6.90. The monoisotopic (exact) mass is 285 g/mol. The van der Waals surface area contributed by atoms with E-state index in [1.165, 1.54) is 0 Å². The highest BCUT2D eigenvalue weighted by Crippen LogP contribution is 2.51. The number of carbonyl (C=O) groups excluding carboxylic acids is 1. The first-order valence-electron chi connectivity index (χ1n) is 6.23. The van der Waals surface area contributed by atoms with E-state index in [-0.39, 0.29) is 12.1 Å². The van der Waals surface area contributed by atoms with Gasteiger partial charge in [-0.3, -0.25) is 9.36 Å². The molecule has 1 amide bonds. The van der Waals surface area contributed by atoms with Crippen LogP contribution in [0.1, 0.15) is 29.8 Å². The Kier molecular flexibility index (Phi) is 6.22. The molecular formula is C13H20NO4P. The normalized spacial score (nSPS) is 11.3. The van der Waals surface area contributed by atoms with Gasteiger partial charge in [0.05, 0.1) is 19.4 Å². The Morgan fingerprint density at radius 2 is 1.68 bits per heavy atom. The van der Waals surface area contributed by atoms with Crippen molar-refractivity contribution in [2.24, 2.45) is 0 Å². The van der Waals surface area contributed by atoms with Crippen LogP contribution in [0.25, 0.3) is 0 Å². The van der Waals surface area contributed by atoms with E-state index in [0.717, 1.165) is 5.56 Å². The maximum absolute atomic E-state index is 12.3. The molecule has 1 N–H and O–H groups in total. The van der Waals surface area contributed by atoms with Crippen molar-refractivity contribution in [1.29, 1.82) is 0 Å². The van der Waals surface area contributed by atoms with Crippen LogP contribution in [0.3, 0.4) is 0 Å². The van der Waals surface area contributed by atoms with Crippen molar-refractivity contribution in [3.8, 4) is 0 Å². The lowest BCUT2D eigenvalue weighted by Crippen LogP contribution is -2.17. The van der Waals surface area contributed by atoms with Crippen LogP contribution >= 0.6 is 7.60 Å². The van der Waals surface area contributed by atoms with Gasteiger partial charge in [0.1, 0.15) is 0 Å². The Morgan fingerprint density at radius 1 is 1.16 bits per heavy atom. The molecule has 106 valence electrons. The smallest absolute Gasteiger partial charge is 0.335 e. The van der Waals surface area contributed by atoms with E-state index < -0.39 is 7.60 Å². The lowest BCUT2D eigenvalue weighted by Gasteiger charge is -2.17. The molecule has 1 aromatic carbocycles. The molecule has 0 aliphatic rings. The first-order valence-corrected chi connectivity index (χ1v) is 7.96. The molecule has 19 heavy (non-hydrogen) atoms. The van der Waals surface area contributed by atoms with Gasteiger partial charge >= 0.3 is 7.60 Å². The van der Waals surface area contributed by atoms with Gasteiger partial charge in [-0.15, -0.1) is 0 Å². The average Bonchev–Trinajstić information content (AvgIpc) is 2.39. The Balaban J connectivity index is 2.80. The minimum Gasteiger partial charge on any atom is -0.355 e. The zero-order valence-electron chi connectivity index (χ0n) is 11.5. The van der Waals surface area contributed by atoms with Crippen molar-refractivity contribution in [2.45, 2.75) is 20.0 Å². The van der Waals surface area contributed by atoms with Crippen LogP contribution < -0.4 is 5.32 Å². The highest BCUT2D eigenvalue weighted by atomic mass is 31.2. The summed E-state index contributed by atoms with van der Waals surface area (Å²) in [5, 5.41) is 2.55. The molecule has 0 bridgehead atoms. The molecule has 0 saturated heterocycles. The first-order chi connectivity index (χ1) is 9.04. The van der Waals surface area contributed by atoms with Crippen LogP contribution in [0.2, 0.25) is 0 Å². The van der Waals surface area contributed by atoms with Crippen LogP contribution in [0.4, 0.5) is 0 Å². The minimum atomic E-state index is -3.09. The molecule has 0 radical (unpaired) electrons. The molecule has 0 aliphatic carbocycles. The number of carbonyl (C=O) groups is 1. The Bertz CT molecular complexity index is 448. The van der Waals surface area contributed by atoms with Crippen molar-refractivity contribution in [1.82, 2.24) is 5.32 Å². The summed E-state index contributed by atoms with van der Waals surface area (Å²) in [6.45, 7) is 4.24. The molecule has 1 rings (SSSR count). The van der Waals surface area contributed by atoms with Crippen LogP contribution in [0, 0.1) is 0 Å². The van der Waals surface area contributed by atoms with E-state index in [0.29, 0.717) is 18.8 Å². The van der Waals surface area contributed by atoms with Crippen molar-refractivity contribution >= 4 is 13.5 Å². The molecule has 0 fully saturated rings. The Hall–Kier alpha value is -1.16. The zero-order chi connectivity index (χ0) is 14.3. The predicted molar refractivity (Wildman–Crippen MR) is 74.4 cm³/mol. The van der Waals surface area contributed by atoms with Gasteiger partial charge in [0, 0.05) is 12.6 Å². The maximum atomic E-state index is 12.3. The molecule has 5 nitrogen and oxygen atoms in total. The van der Waals surface area contributed by atoms with E-state index >= 15 is 0 Å². The number of nitrogens with one attached hydrogen (secondary N) is 1. The van der Waals surface area contributed by atoms with E-state index in [4.69, 9.17) is 9.05 Å². The van der Waals surface area contributed by atoms with Crippen LogP contribution in [-0.4, -0.2) is 26.2 Å². The molecule has 0 unspecified atom stereocenters. The second-order valence-electron chi connectivity index (χ2n) is 3.88. The zero-order valence-corrected chi connectivity index (χ0v) is 12.4. The quantitative estimate of drug-likeness (QED) is 0.782. The molecule has 0 aromatic heterocycles. The largest absolute Gasteiger partial charge is 0.355 e. The van der Waals surface area contributed by atoms with Crippen LogP contribution in [-0.2, 0) is 19.8 Å². The van der Waals surface area contributed by atoms with Crippen LogP contribution in [0.15, 0.2) is 24.3 Å². The molecule has 6 heteroatoms. The summed E-state index contributed by atoms with van der Waals surface area (Å²) in [5.41, 5.74) is 1.38. The fourth-order valence-corrected chi connectivity index (χ4v) is 3.35. The second kappa shape index (κ2) is 7.43. The molecule has 0 atom stereocenters. The van der Waals surface area contributed by atoms with Gasteiger partial charge in [-0.2, -0.15) is 0 Å². The molecular weight excluding hydrogens is 265 g/mol. The SMILES string of the molecule is CCOP(=O)(Cc1ccc(C(=O)NC)cc1)OCC. The second-order valence-corrected chi connectivity index (χ2v) is 5.94. The van der Waals surface area contributed by atoms with Crippen molar-refractivity contribution in [2.75, 3.05) is 20.3 Å². The van der Waals surface area contributed by atoms with Crippen LogP contribution in [0.5, 0.6) is 0 Å². The summed E-state index contributed by atoms with van der Waals surface area (Å²) < 4.78 is 22.8. The summed E-state index contributed by atoms with van der Waals surface area (Å²) in [5.74, 6) is -0.149. The third-order valence-electron chi connectivity index (χ3n) is 2.47. The lowest BCUT2D eigenvalue weighted by atomic mass is 10.1. The van der Waals surface area contributed by atoms with Gasteiger partial charge in [0.15, 0.2) is 0 Å². The van der Waals surface area contributed by atoms with Crippen molar-refractivity contribution in [3.05, 3.63) is 35.4 Å². The third kappa shape index (κ3) is 4.78. The molecule has 0 spiro atoms. The fourth-order valence-electron chi connectivity index (χ4n) is 1.65.